The molecule has 34 heavy (non-hydrogen) atoms. The zero-order valence-electron chi connectivity index (χ0n) is 18.6. The molecule has 174 valence electrons. The van der Waals surface area contributed by atoms with Gasteiger partial charge in [0.15, 0.2) is 5.65 Å². The minimum atomic E-state index is -0.323. The topological polar surface area (TPSA) is 62.5 Å². The number of aryl methyl sites for hydroxylation is 1. The largest absolute Gasteiger partial charge is 0.366 e. The van der Waals surface area contributed by atoms with Crippen molar-refractivity contribution in [2.75, 3.05) is 29.9 Å². The van der Waals surface area contributed by atoms with Gasteiger partial charge in [0.25, 0.3) is 5.91 Å². The van der Waals surface area contributed by atoms with E-state index >= 15 is 0 Å². The number of nitrogens with zero attached hydrogens (tertiary/aromatic N) is 4. The summed E-state index contributed by atoms with van der Waals surface area (Å²) in [7, 11) is 0. The fourth-order valence-corrected chi connectivity index (χ4v) is 5.19. The van der Waals surface area contributed by atoms with Crippen LogP contribution in [0.5, 0.6) is 0 Å². The zero-order valence-corrected chi connectivity index (χ0v) is 21.0. The molecule has 1 aliphatic rings. The highest BCUT2D eigenvalue weighted by molar-refractivity contribution is 9.10. The molecular weight excluding hydrogens is 517 g/mol. The van der Waals surface area contributed by atoms with Crippen LogP contribution in [0.4, 0.5) is 10.2 Å². The van der Waals surface area contributed by atoms with Crippen molar-refractivity contribution >= 4 is 45.1 Å². The normalized spacial score (nSPS) is 13.9. The van der Waals surface area contributed by atoms with Gasteiger partial charge < -0.3 is 10.2 Å². The van der Waals surface area contributed by atoms with Gasteiger partial charge in [0.2, 0.25) is 0 Å². The molecule has 0 bridgehead atoms. The van der Waals surface area contributed by atoms with Gasteiger partial charge in [-0.1, -0.05) is 23.8 Å². The summed E-state index contributed by atoms with van der Waals surface area (Å²) in [5, 5.41) is 7.79. The number of amides is 1. The number of nitrogens with one attached hydrogen (secondary N) is 1. The number of carbonyl (C=O) groups is 1. The van der Waals surface area contributed by atoms with Crippen molar-refractivity contribution in [3.8, 4) is 11.3 Å². The Bertz CT molecular complexity index is 1350. The Kier molecular flexibility index (Phi) is 6.56. The number of hydrogen-bond acceptors (Lipinski definition) is 5. The second kappa shape index (κ2) is 9.76. The number of carbonyl (C=O) groups excluding carboxylic acids is 1. The lowest BCUT2D eigenvalue weighted by atomic mass is 10.1. The van der Waals surface area contributed by atoms with Crippen LogP contribution in [0.15, 0.2) is 59.2 Å². The van der Waals surface area contributed by atoms with Gasteiger partial charge in [-0.2, -0.15) is 21.4 Å². The number of aromatic nitrogens is 3. The summed E-state index contributed by atoms with van der Waals surface area (Å²) in [4.78, 5) is 19.3. The van der Waals surface area contributed by atoms with Gasteiger partial charge in [-0.25, -0.2) is 9.37 Å². The molecule has 1 aliphatic heterocycles. The van der Waals surface area contributed by atoms with Crippen LogP contribution < -0.4 is 5.32 Å². The van der Waals surface area contributed by atoms with E-state index in [1.807, 2.05) is 47.9 Å². The zero-order chi connectivity index (χ0) is 23.7. The Morgan fingerprint density at radius 2 is 1.91 bits per heavy atom. The maximum atomic E-state index is 14.6. The summed E-state index contributed by atoms with van der Waals surface area (Å²) >= 11 is 5.37. The number of rotatable bonds is 5. The molecule has 1 amide bonds. The fourth-order valence-electron chi connectivity index (χ4n) is 3.94. The minimum absolute atomic E-state index is 0.0851. The molecule has 2 aromatic carbocycles. The summed E-state index contributed by atoms with van der Waals surface area (Å²) in [5.41, 5.74) is 4.25. The van der Waals surface area contributed by atoms with Gasteiger partial charge >= 0.3 is 0 Å². The second-order valence-electron chi connectivity index (χ2n) is 8.19. The molecule has 0 unspecified atom stereocenters. The van der Waals surface area contributed by atoms with Crippen molar-refractivity contribution in [1.29, 1.82) is 0 Å². The molecule has 0 atom stereocenters. The van der Waals surface area contributed by atoms with Crippen molar-refractivity contribution < 1.29 is 9.18 Å². The van der Waals surface area contributed by atoms with Crippen LogP contribution in [0.2, 0.25) is 0 Å². The van der Waals surface area contributed by atoms with Gasteiger partial charge in [-0.3, -0.25) is 4.79 Å². The molecule has 0 spiro atoms. The second-order valence-corrected chi connectivity index (χ2v) is 10.3. The minimum Gasteiger partial charge on any atom is -0.366 e. The summed E-state index contributed by atoms with van der Waals surface area (Å²) in [6, 6.07) is 14.5. The number of anilines is 1. The Morgan fingerprint density at radius 1 is 1.15 bits per heavy atom. The molecule has 6 nitrogen and oxygen atoms in total. The van der Waals surface area contributed by atoms with Crippen molar-refractivity contribution in [3.63, 3.8) is 0 Å². The number of halogens is 2. The van der Waals surface area contributed by atoms with Crippen molar-refractivity contribution in [2.24, 2.45) is 0 Å². The van der Waals surface area contributed by atoms with Gasteiger partial charge in [-0.15, -0.1) is 0 Å². The van der Waals surface area contributed by atoms with Gasteiger partial charge in [-0.05, 0) is 52.7 Å². The molecule has 1 fully saturated rings. The molecule has 9 heteroatoms. The van der Waals surface area contributed by atoms with E-state index in [-0.39, 0.29) is 11.7 Å². The number of fused-ring (bicyclic) bond motifs is 1. The van der Waals surface area contributed by atoms with E-state index in [0.717, 1.165) is 40.2 Å². The van der Waals surface area contributed by atoms with Crippen LogP contribution in [-0.2, 0) is 6.54 Å². The molecule has 0 radical (unpaired) electrons. The lowest BCUT2D eigenvalue weighted by molar-refractivity contribution is 0.0772. The molecule has 4 aromatic rings. The lowest BCUT2D eigenvalue weighted by Gasteiger charge is -2.26. The third kappa shape index (κ3) is 4.67. The first-order valence-corrected chi connectivity index (χ1v) is 12.9. The van der Waals surface area contributed by atoms with Gasteiger partial charge in [0.1, 0.15) is 11.6 Å². The standard InChI is InChI=1S/C25H23BrFN5OS/c1-16-2-7-21(27)19(12-16)22-13-23(32-24(30-22)20(26)15-29-32)28-14-17-3-5-18(6-4-17)25(33)31-8-10-34-11-9-31/h2-7,12-13,15,28H,8-11,14H2,1H3. The fraction of sp³-hybridized carbons (Fsp3) is 0.240. The van der Waals surface area contributed by atoms with Crippen LogP contribution >= 0.6 is 27.7 Å². The van der Waals surface area contributed by atoms with Crippen LogP contribution in [0.3, 0.4) is 0 Å². The Hall–Kier alpha value is -2.91. The smallest absolute Gasteiger partial charge is 0.253 e. The summed E-state index contributed by atoms with van der Waals surface area (Å²) < 4.78 is 17.0. The van der Waals surface area contributed by atoms with E-state index in [0.29, 0.717) is 34.8 Å². The predicted octanol–water partition coefficient (Wildman–Crippen LogP) is 5.41. The molecule has 3 heterocycles. The van der Waals surface area contributed by atoms with E-state index in [4.69, 9.17) is 0 Å². The number of thioether (sulfide) groups is 1. The van der Waals surface area contributed by atoms with Crippen LogP contribution in [0.25, 0.3) is 16.9 Å². The first-order valence-electron chi connectivity index (χ1n) is 11.0. The van der Waals surface area contributed by atoms with Crippen LogP contribution in [-0.4, -0.2) is 50.0 Å². The molecule has 2 aromatic heterocycles. The third-order valence-corrected chi connectivity index (χ3v) is 7.30. The molecule has 1 saturated heterocycles. The average molecular weight is 540 g/mol. The van der Waals surface area contributed by atoms with Crippen molar-refractivity contribution in [3.05, 3.63) is 81.7 Å². The molecular formula is C25H23BrFN5OS. The predicted molar refractivity (Wildman–Crippen MR) is 138 cm³/mol. The highest BCUT2D eigenvalue weighted by Gasteiger charge is 2.18. The highest BCUT2D eigenvalue weighted by atomic mass is 79.9. The molecule has 5 rings (SSSR count). The first kappa shape index (κ1) is 22.9. The lowest BCUT2D eigenvalue weighted by Crippen LogP contribution is -2.37. The SMILES string of the molecule is Cc1ccc(F)c(-c2cc(NCc3ccc(C(=O)N4CCSCC4)cc3)n3ncc(Br)c3n2)c1. The molecule has 1 N–H and O–H groups in total. The molecule has 0 aliphatic carbocycles. The maximum absolute atomic E-state index is 14.6. The van der Waals surface area contributed by atoms with Gasteiger partial charge in [0, 0.05) is 48.3 Å². The average Bonchev–Trinajstić information content (AvgIpc) is 3.25. The van der Waals surface area contributed by atoms with Crippen LogP contribution in [0.1, 0.15) is 21.5 Å². The Morgan fingerprint density at radius 3 is 2.68 bits per heavy atom. The molecule has 0 saturated carbocycles. The van der Waals surface area contributed by atoms with Crippen LogP contribution in [0, 0.1) is 12.7 Å². The Balaban J connectivity index is 1.38. The summed E-state index contributed by atoms with van der Waals surface area (Å²) in [5.74, 6) is 2.44. The quantitative estimate of drug-likeness (QED) is 0.367. The van der Waals surface area contributed by atoms with Crippen molar-refractivity contribution in [2.45, 2.75) is 13.5 Å². The van der Waals surface area contributed by atoms with E-state index in [2.05, 4.69) is 31.3 Å². The highest BCUT2D eigenvalue weighted by Crippen LogP contribution is 2.28. The number of hydrogen-bond donors (Lipinski definition) is 1. The monoisotopic (exact) mass is 539 g/mol. The first-order chi connectivity index (χ1) is 16.5. The van der Waals surface area contributed by atoms with E-state index < -0.39 is 0 Å². The third-order valence-electron chi connectivity index (χ3n) is 5.80. The summed E-state index contributed by atoms with van der Waals surface area (Å²) in [6.07, 6.45) is 1.67. The van der Waals surface area contributed by atoms with E-state index in [9.17, 15) is 9.18 Å². The number of benzene rings is 2. The Labute approximate surface area is 209 Å². The summed E-state index contributed by atoms with van der Waals surface area (Å²) in [6.45, 7) is 4.04. The van der Waals surface area contributed by atoms with Gasteiger partial charge in [0.05, 0.1) is 16.4 Å². The van der Waals surface area contributed by atoms with E-state index in [1.165, 1.54) is 6.07 Å². The van der Waals surface area contributed by atoms with E-state index in [1.54, 1.807) is 28.9 Å². The maximum Gasteiger partial charge on any atom is 0.253 e. The van der Waals surface area contributed by atoms with Crippen molar-refractivity contribution in [1.82, 2.24) is 19.5 Å².